The Bertz CT molecular complexity index is 576. The van der Waals surface area contributed by atoms with E-state index >= 15 is 0 Å². The Kier molecular flexibility index (Phi) is 3.66. The zero-order valence-corrected chi connectivity index (χ0v) is 12.8. The van der Waals surface area contributed by atoms with E-state index in [-0.39, 0.29) is 5.41 Å². The molecule has 0 radical (unpaired) electrons. The largest absolute Gasteiger partial charge is 0.315 e. The Morgan fingerprint density at radius 3 is 2.42 bits per heavy atom. The van der Waals surface area contributed by atoms with Gasteiger partial charge in [0.15, 0.2) is 0 Å². The average Bonchev–Trinajstić information content (AvgIpc) is 2.35. The fourth-order valence-corrected chi connectivity index (χ4v) is 3.18. The first-order valence-corrected chi connectivity index (χ1v) is 7.56. The van der Waals surface area contributed by atoms with Crippen LogP contribution in [0.3, 0.4) is 0 Å². The van der Waals surface area contributed by atoms with Crippen LogP contribution in [-0.2, 0) is 11.8 Å². The molecular weight excluding hydrogens is 322 g/mol. The van der Waals surface area contributed by atoms with Gasteiger partial charge in [-0.25, -0.2) is 0 Å². The normalized spacial score (nSPS) is 16.9. The number of nitrogens with one attached hydrogen (secondary N) is 1. The van der Waals surface area contributed by atoms with Gasteiger partial charge in [-0.3, -0.25) is 0 Å². The van der Waals surface area contributed by atoms with E-state index in [0.717, 1.165) is 29.0 Å². The van der Waals surface area contributed by atoms with E-state index < -0.39 is 0 Å². The maximum atomic E-state index is 6.08. The topological polar surface area (TPSA) is 12.0 Å². The lowest BCUT2D eigenvalue weighted by Crippen LogP contribution is -2.58. The second kappa shape index (κ2) is 5.28. The van der Waals surface area contributed by atoms with Gasteiger partial charge in [-0.2, -0.15) is 0 Å². The van der Waals surface area contributed by atoms with E-state index in [1.54, 1.807) is 0 Å². The van der Waals surface area contributed by atoms with Crippen molar-refractivity contribution in [2.45, 2.75) is 11.8 Å². The highest BCUT2D eigenvalue weighted by molar-refractivity contribution is 9.10. The van der Waals surface area contributed by atoms with Crippen LogP contribution in [0, 0.1) is 0 Å². The van der Waals surface area contributed by atoms with Crippen molar-refractivity contribution in [1.82, 2.24) is 5.32 Å². The molecular formula is C16H15BrClN. The Morgan fingerprint density at radius 2 is 1.84 bits per heavy atom. The Hall–Kier alpha value is -0.830. The summed E-state index contributed by atoms with van der Waals surface area (Å²) in [4.78, 5) is 0. The van der Waals surface area contributed by atoms with Gasteiger partial charge in [-0.05, 0) is 41.8 Å². The third-order valence-corrected chi connectivity index (χ3v) is 4.58. The molecule has 0 unspecified atom stereocenters. The SMILES string of the molecule is Clc1cccc(CC2(c3ccc(Br)cc3)CNC2)c1. The van der Waals surface area contributed by atoms with Crippen molar-refractivity contribution < 1.29 is 0 Å². The number of rotatable bonds is 3. The van der Waals surface area contributed by atoms with E-state index in [9.17, 15) is 0 Å². The molecule has 1 nitrogen and oxygen atoms in total. The van der Waals surface area contributed by atoms with Crippen LogP contribution in [0.4, 0.5) is 0 Å². The molecule has 0 aromatic heterocycles. The van der Waals surface area contributed by atoms with Crippen LogP contribution in [0.25, 0.3) is 0 Å². The molecule has 0 atom stereocenters. The first kappa shape index (κ1) is 13.2. The van der Waals surface area contributed by atoms with Crippen LogP contribution >= 0.6 is 27.5 Å². The van der Waals surface area contributed by atoms with Gasteiger partial charge in [0.05, 0.1) is 0 Å². The Morgan fingerprint density at radius 1 is 1.11 bits per heavy atom. The van der Waals surface area contributed by atoms with Crippen LogP contribution in [-0.4, -0.2) is 13.1 Å². The van der Waals surface area contributed by atoms with E-state index in [1.165, 1.54) is 11.1 Å². The summed E-state index contributed by atoms with van der Waals surface area (Å²) in [5.41, 5.74) is 2.91. The minimum Gasteiger partial charge on any atom is -0.315 e. The smallest absolute Gasteiger partial charge is 0.0408 e. The van der Waals surface area contributed by atoms with Crippen molar-refractivity contribution in [2.75, 3.05) is 13.1 Å². The summed E-state index contributed by atoms with van der Waals surface area (Å²) in [5, 5.41) is 4.22. The van der Waals surface area contributed by atoms with Crippen LogP contribution in [0.15, 0.2) is 53.0 Å². The molecule has 1 saturated heterocycles. The molecule has 1 fully saturated rings. The third-order valence-electron chi connectivity index (χ3n) is 3.81. The van der Waals surface area contributed by atoms with Crippen molar-refractivity contribution in [3.63, 3.8) is 0 Å². The Labute approximate surface area is 127 Å². The molecule has 1 N–H and O–H groups in total. The van der Waals surface area contributed by atoms with Gasteiger partial charge in [0.25, 0.3) is 0 Å². The highest BCUT2D eigenvalue weighted by Crippen LogP contribution is 2.33. The number of halogens is 2. The molecule has 1 aliphatic rings. The molecule has 1 heterocycles. The second-order valence-electron chi connectivity index (χ2n) is 5.20. The van der Waals surface area contributed by atoms with Gasteiger partial charge in [0, 0.05) is 28.0 Å². The Balaban J connectivity index is 1.89. The summed E-state index contributed by atoms with van der Waals surface area (Å²) in [6, 6.07) is 16.9. The minimum absolute atomic E-state index is 0.214. The van der Waals surface area contributed by atoms with Crippen molar-refractivity contribution >= 4 is 27.5 Å². The van der Waals surface area contributed by atoms with Crippen LogP contribution in [0.2, 0.25) is 5.02 Å². The van der Waals surface area contributed by atoms with Gasteiger partial charge < -0.3 is 5.32 Å². The minimum atomic E-state index is 0.214. The average molecular weight is 337 g/mol. The van der Waals surface area contributed by atoms with Gasteiger partial charge in [0.2, 0.25) is 0 Å². The van der Waals surface area contributed by atoms with E-state index in [4.69, 9.17) is 11.6 Å². The quantitative estimate of drug-likeness (QED) is 0.886. The number of hydrogen-bond acceptors (Lipinski definition) is 1. The predicted molar refractivity (Wildman–Crippen MR) is 83.8 cm³/mol. The van der Waals surface area contributed by atoms with Crippen LogP contribution in [0.5, 0.6) is 0 Å². The first-order valence-electron chi connectivity index (χ1n) is 6.39. The van der Waals surface area contributed by atoms with E-state index in [0.29, 0.717) is 0 Å². The van der Waals surface area contributed by atoms with E-state index in [1.807, 2.05) is 12.1 Å². The van der Waals surface area contributed by atoms with Crippen LogP contribution < -0.4 is 5.32 Å². The summed E-state index contributed by atoms with van der Waals surface area (Å²) < 4.78 is 1.13. The van der Waals surface area contributed by atoms with Crippen LogP contribution in [0.1, 0.15) is 11.1 Å². The summed E-state index contributed by atoms with van der Waals surface area (Å²) in [6.45, 7) is 2.06. The highest BCUT2D eigenvalue weighted by Gasteiger charge is 2.38. The van der Waals surface area contributed by atoms with Crippen molar-refractivity contribution in [3.05, 3.63) is 69.2 Å². The predicted octanol–water partition coefficient (Wildman–Crippen LogP) is 4.19. The van der Waals surface area contributed by atoms with Crippen molar-refractivity contribution in [3.8, 4) is 0 Å². The zero-order valence-electron chi connectivity index (χ0n) is 10.5. The zero-order chi connectivity index (χ0) is 13.3. The van der Waals surface area contributed by atoms with Gasteiger partial charge in [0.1, 0.15) is 0 Å². The van der Waals surface area contributed by atoms with Gasteiger partial charge in [-0.15, -0.1) is 0 Å². The van der Waals surface area contributed by atoms with Gasteiger partial charge in [-0.1, -0.05) is 51.8 Å². The summed E-state index contributed by atoms with van der Waals surface area (Å²) >= 11 is 9.58. The van der Waals surface area contributed by atoms with E-state index in [2.05, 4.69) is 57.6 Å². The molecule has 0 amide bonds. The molecule has 2 aromatic rings. The molecule has 19 heavy (non-hydrogen) atoms. The molecule has 2 aromatic carbocycles. The lowest BCUT2D eigenvalue weighted by molar-refractivity contribution is 0.274. The summed E-state index contributed by atoms with van der Waals surface area (Å²) in [5.74, 6) is 0. The number of benzene rings is 2. The molecule has 98 valence electrons. The number of hydrogen-bond donors (Lipinski definition) is 1. The third kappa shape index (κ3) is 2.71. The lowest BCUT2D eigenvalue weighted by Gasteiger charge is -2.43. The van der Waals surface area contributed by atoms with Gasteiger partial charge >= 0.3 is 0 Å². The monoisotopic (exact) mass is 335 g/mol. The molecule has 1 aliphatic heterocycles. The molecule has 3 heteroatoms. The molecule has 0 bridgehead atoms. The summed E-state index contributed by atoms with van der Waals surface area (Å²) in [6.07, 6.45) is 1.03. The molecule has 0 aliphatic carbocycles. The second-order valence-corrected chi connectivity index (χ2v) is 6.55. The maximum Gasteiger partial charge on any atom is 0.0408 e. The fraction of sp³-hybridized carbons (Fsp3) is 0.250. The first-order chi connectivity index (χ1) is 9.18. The lowest BCUT2D eigenvalue weighted by atomic mass is 9.71. The fourth-order valence-electron chi connectivity index (χ4n) is 2.70. The van der Waals surface area contributed by atoms with Crippen molar-refractivity contribution in [1.29, 1.82) is 0 Å². The standard InChI is InChI=1S/C16H15BrClN/c17-14-6-4-13(5-7-14)16(10-19-11-16)9-12-2-1-3-15(18)8-12/h1-8,19H,9-11H2. The summed E-state index contributed by atoms with van der Waals surface area (Å²) in [7, 11) is 0. The van der Waals surface area contributed by atoms with Crippen molar-refractivity contribution in [2.24, 2.45) is 0 Å². The molecule has 0 saturated carbocycles. The molecule has 3 rings (SSSR count). The maximum absolute atomic E-state index is 6.08. The molecule has 0 spiro atoms. The highest BCUT2D eigenvalue weighted by atomic mass is 79.9.